The molecule has 1 fully saturated rings. The van der Waals surface area contributed by atoms with Crippen molar-refractivity contribution < 1.29 is 9.84 Å². The van der Waals surface area contributed by atoms with Gasteiger partial charge in [-0.05, 0) is 63.4 Å². The van der Waals surface area contributed by atoms with Gasteiger partial charge in [-0.3, -0.25) is 0 Å². The Morgan fingerprint density at radius 2 is 1.81 bits per heavy atom. The fourth-order valence-corrected chi connectivity index (χ4v) is 3.40. The Kier molecular flexibility index (Phi) is 5.28. The number of methoxy groups -OCH3 is 1. The molecule has 21 heavy (non-hydrogen) atoms. The summed E-state index contributed by atoms with van der Waals surface area (Å²) in [7, 11) is 5.83. The van der Waals surface area contributed by atoms with Crippen molar-refractivity contribution >= 4 is 0 Å². The van der Waals surface area contributed by atoms with Gasteiger partial charge in [0.25, 0.3) is 0 Å². The van der Waals surface area contributed by atoms with E-state index in [1.807, 2.05) is 12.1 Å². The number of rotatable bonds is 5. The SMILES string of the molecule is COc1ccc([C@@H](CN(C)C)C2(O)CCC(C)CC2)cc1. The standard InChI is InChI=1S/C18H29NO2/c1-14-9-11-18(20,12-10-14)17(13-19(2)3)15-5-7-16(21-4)8-6-15/h5-8,14,17,20H,9-13H2,1-4H3/t14?,17-,18?/m1/s1. The maximum atomic E-state index is 11.2. The highest BCUT2D eigenvalue weighted by molar-refractivity contribution is 5.31. The van der Waals surface area contributed by atoms with E-state index in [0.717, 1.165) is 43.9 Å². The first-order chi connectivity index (χ1) is 9.94. The van der Waals surface area contributed by atoms with Crippen LogP contribution in [0.1, 0.15) is 44.1 Å². The van der Waals surface area contributed by atoms with Crippen molar-refractivity contribution in [3.63, 3.8) is 0 Å². The van der Waals surface area contributed by atoms with Crippen LogP contribution in [-0.2, 0) is 0 Å². The fraction of sp³-hybridized carbons (Fsp3) is 0.667. The van der Waals surface area contributed by atoms with Crippen molar-refractivity contribution in [2.75, 3.05) is 27.7 Å². The van der Waals surface area contributed by atoms with Crippen molar-refractivity contribution in [3.8, 4) is 5.75 Å². The average molecular weight is 291 g/mol. The van der Waals surface area contributed by atoms with Crippen LogP contribution in [0.15, 0.2) is 24.3 Å². The van der Waals surface area contributed by atoms with Gasteiger partial charge < -0.3 is 14.7 Å². The summed E-state index contributed by atoms with van der Waals surface area (Å²) < 4.78 is 5.24. The van der Waals surface area contributed by atoms with Crippen LogP contribution < -0.4 is 4.74 Å². The molecule has 0 amide bonds. The van der Waals surface area contributed by atoms with Crippen LogP contribution in [0.4, 0.5) is 0 Å². The van der Waals surface area contributed by atoms with Crippen LogP contribution in [0.2, 0.25) is 0 Å². The molecule has 0 heterocycles. The van der Waals surface area contributed by atoms with E-state index < -0.39 is 5.60 Å². The highest BCUT2D eigenvalue weighted by Gasteiger charge is 2.40. The van der Waals surface area contributed by atoms with Crippen molar-refractivity contribution in [3.05, 3.63) is 29.8 Å². The van der Waals surface area contributed by atoms with Gasteiger partial charge in [-0.1, -0.05) is 19.1 Å². The van der Waals surface area contributed by atoms with Crippen LogP contribution in [0.3, 0.4) is 0 Å². The first kappa shape index (κ1) is 16.3. The van der Waals surface area contributed by atoms with Gasteiger partial charge in [0.1, 0.15) is 5.75 Å². The third-order valence-electron chi connectivity index (χ3n) is 4.85. The van der Waals surface area contributed by atoms with Crippen LogP contribution >= 0.6 is 0 Å². The lowest BCUT2D eigenvalue weighted by molar-refractivity contribution is -0.0371. The average Bonchev–Trinajstić information content (AvgIpc) is 2.48. The van der Waals surface area contributed by atoms with Gasteiger partial charge in [0.15, 0.2) is 0 Å². The maximum Gasteiger partial charge on any atom is 0.118 e. The molecule has 1 aromatic rings. The fourth-order valence-electron chi connectivity index (χ4n) is 3.40. The van der Waals surface area contributed by atoms with E-state index in [1.165, 1.54) is 5.56 Å². The van der Waals surface area contributed by atoms with Crippen LogP contribution in [0, 0.1) is 5.92 Å². The Hall–Kier alpha value is -1.06. The Labute approximate surface area is 128 Å². The first-order valence-electron chi connectivity index (χ1n) is 7.95. The molecule has 2 rings (SSSR count). The molecule has 0 bridgehead atoms. The molecule has 0 radical (unpaired) electrons. The molecule has 1 N–H and O–H groups in total. The van der Waals surface area contributed by atoms with Gasteiger partial charge in [-0.2, -0.15) is 0 Å². The summed E-state index contributed by atoms with van der Waals surface area (Å²) in [5.41, 5.74) is 0.632. The molecule has 1 aliphatic rings. The summed E-state index contributed by atoms with van der Waals surface area (Å²) in [6.45, 7) is 3.16. The van der Waals surface area contributed by atoms with Crippen molar-refractivity contribution in [2.45, 2.75) is 44.1 Å². The van der Waals surface area contributed by atoms with E-state index in [9.17, 15) is 5.11 Å². The number of nitrogens with zero attached hydrogens (tertiary/aromatic N) is 1. The van der Waals surface area contributed by atoms with Gasteiger partial charge in [0, 0.05) is 12.5 Å². The topological polar surface area (TPSA) is 32.7 Å². The van der Waals surface area contributed by atoms with Crippen molar-refractivity contribution in [1.29, 1.82) is 0 Å². The molecule has 0 spiro atoms. The molecule has 1 saturated carbocycles. The van der Waals surface area contributed by atoms with E-state index >= 15 is 0 Å². The number of ether oxygens (including phenoxy) is 1. The van der Waals surface area contributed by atoms with Crippen LogP contribution in [0.5, 0.6) is 5.75 Å². The van der Waals surface area contributed by atoms with Crippen molar-refractivity contribution in [2.24, 2.45) is 5.92 Å². The van der Waals surface area contributed by atoms with Gasteiger partial charge >= 0.3 is 0 Å². The smallest absolute Gasteiger partial charge is 0.118 e. The van der Waals surface area contributed by atoms with Crippen LogP contribution in [-0.4, -0.2) is 43.4 Å². The van der Waals surface area contributed by atoms with E-state index in [4.69, 9.17) is 4.74 Å². The quantitative estimate of drug-likeness (QED) is 0.903. The summed E-state index contributed by atoms with van der Waals surface area (Å²) in [5, 5.41) is 11.2. The minimum atomic E-state index is -0.578. The predicted octanol–water partition coefficient (Wildman–Crippen LogP) is 3.28. The largest absolute Gasteiger partial charge is 0.497 e. The molecule has 0 saturated heterocycles. The van der Waals surface area contributed by atoms with E-state index in [1.54, 1.807) is 7.11 Å². The molecular weight excluding hydrogens is 262 g/mol. The second-order valence-electron chi connectivity index (χ2n) is 6.87. The summed E-state index contributed by atoms with van der Waals surface area (Å²) in [6.07, 6.45) is 4.05. The number of aliphatic hydroxyl groups is 1. The number of likely N-dealkylation sites (N-methyl/N-ethyl adjacent to an activating group) is 1. The van der Waals surface area contributed by atoms with Crippen molar-refractivity contribution in [1.82, 2.24) is 4.90 Å². The third-order valence-corrected chi connectivity index (χ3v) is 4.85. The summed E-state index contributed by atoms with van der Waals surface area (Å²) in [5.74, 6) is 1.76. The highest BCUT2D eigenvalue weighted by atomic mass is 16.5. The Morgan fingerprint density at radius 1 is 1.24 bits per heavy atom. The summed E-state index contributed by atoms with van der Waals surface area (Å²) >= 11 is 0. The number of hydrogen-bond acceptors (Lipinski definition) is 3. The molecule has 1 atom stereocenters. The minimum Gasteiger partial charge on any atom is -0.497 e. The van der Waals surface area contributed by atoms with E-state index in [2.05, 4.69) is 38.1 Å². The van der Waals surface area contributed by atoms with Crippen LogP contribution in [0.25, 0.3) is 0 Å². The zero-order valence-electron chi connectivity index (χ0n) is 13.8. The zero-order chi connectivity index (χ0) is 15.5. The minimum absolute atomic E-state index is 0.158. The lowest BCUT2D eigenvalue weighted by Gasteiger charge is -2.42. The number of hydrogen-bond donors (Lipinski definition) is 1. The van der Waals surface area contributed by atoms with E-state index in [0.29, 0.717) is 0 Å². The Bertz CT molecular complexity index is 433. The lowest BCUT2D eigenvalue weighted by Crippen LogP contribution is -2.43. The van der Waals surface area contributed by atoms with Gasteiger partial charge in [0.05, 0.1) is 12.7 Å². The molecule has 0 unspecified atom stereocenters. The molecule has 0 aromatic heterocycles. The Morgan fingerprint density at radius 3 is 2.29 bits per heavy atom. The summed E-state index contributed by atoms with van der Waals surface area (Å²) in [6, 6.07) is 8.19. The Balaban J connectivity index is 2.24. The second-order valence-corrected chi connectivity index (χ2v) is 6.87. The summed E-state index contributed by atoms with van der Waals surface area (Å²) in [4.78, 5) is 2.17. The third kappa shape index (κ3) is 3.98. The van der Waals surface area contributed by atoms with Gasteiger partial charge in [0.2, 0.25) is 0 Å². The molecular formula is C18H29NO2. The normalized spacial score (nSPS) is 27.6. The molecule has 118 valence electrons. The monoisotopic (exact) mass is 291 g/mol. The number of benzene rings is 1. The molecule has 3 heteroatoms. The molecule has 3 nitrogen and oxygen atoms in total. The second kappa shape index (κ2) is 6.80. The van der Waals surface area contributed by atoms with Gasteiger partial charge in [-0.15, -0.1) is 0 Å². The highest BCUT2D eigenvalue weighted by Crippen LogP contribution is 2.42. The first-order valence-corrected chi connectivity index (χ1v) is 7.95. The molecule has 1 aliphatic carbocycles. The predicted molar refractivity (Wildman–Crippen MR) is 86.9 cm³/mol. The molecule has 0 aliphatic heterocycles. The molecule has 1 aromatic carbocycles. The van der Waals surface area contributed by atoms with E-state index in [-0.39, 0.29) is 5.92 Å². The maximum absolute atomic E-state index is 11.2. The van der Waals surface area contributed by atoms with Gasteiger partial charge in [-0.25, -0.2) is 0 Å². The lowest BCUT2D eigenvalue weighted by atomic mass is 9.70. The zero-order valence-corrected chi connectivity index (χ0v) is 13.8.